The van der Waals surface area contributed by atoms with Crippen LogP contribution in [0.2, 0.25) is 0 Å². The van der Waals surface area contributed by atoms with E-state index < -0.39 is 0 Å². The molecular formula is C12H19NO. The Labute approximate surface area is 86.4 Å². The van der Waals surface area contributed by atoms with Crippen molar-refractivity contribution in [1.82, 2.24) is 0 Å². The van der Waals surface area contributed by atoms with Gasteiger partial charge in [-0.15, -0.1) is 0 Å². The number of aliphatic imine (C=N–C) groups is 1. The van der Waals surface area contributed by atoms with Gasteiger partial charge in [0.05, 0.1) is 6.61 Å². The maximum absolute atomic E-state index is 5.59. The summed E-state index contributed by atoms with van der Waals surface area (Å²) < 4.78 is 5.59. The predicted octanol–water partition coefficient (Wildman–Crippen LogP) is 3.31. The molecule has 2 heteroatoms. The van der Waals surface area contributed by atoms with Gasteiger partial charge >= 0.3 is 0 Å². The molecule has 78 valence electrons. The third-order valence-electron chi connectivity index (χ3n) is 1.77. The Morgan fingerprint density at radius 2 is 2.14 bits per heavy atom. The summed E-state index contributed by atoms with van der Waals surface area (Å²) in [6.45, 7) is 9.21. The van der Waals surface area contributed by atoms with Gasteiger partial charge in [-0.2, -0.15) is 0 Å². The van der Waals surface area contributed by atoms with Crippen LogP contribution in [0.15, 0.2) is 28.9 Å². The Kier molecular flexibility index (Phi) is 3.50. The molecule has 0 atom stereocenters. The van der Waals surface area contributed by atoms with Gasteiger partial charge in [0.15, 0.2) is 0 Å². The van der Waals surface area contributed by atoms with Crippen molar-refractivity contribution in [2.75, 3.05) is 6.61 Å². The molecule has 1 heterocycles. The largest absolute Gasteiger partial charge is 0.477 e. The minimum atomic E-state index is 0.182. The summed E-state index contributed by atoms with van der Waals surface area (Å²) in [4.78, 5) is 4.25. The summed E-state index contributed by atoms with van der Waals surface area (Å²) in [6.07, 6.45) is 6.86. The van der Waals surface area contributed by atoms with Gasteiger partial charge in [0, 0.05) is 6.20 Å². The molecule has 0 saturated carbocycles. The molecule has 0 amide bonds. The van der Waals surface area contributed by atoms with E-state index in [2.05, 4.69) is 38.8 Å². The van der Waals surface area contributed by atoms with E-state index in [4.69, 9.17) is 4.74 Å². The van der Waals surface area contributed by atoms with Gasteiger partial charge in [-0.3, -0.25) is 0 Å². The molecule has 0 aromatic carbocycles. The van der Waals surface area contributed by atoms with E-state index in [9.17, 15) is 0 Å². The highest BCUT2D eigenvalue weighted by Gasteiger charge is 2.11. The zero-order chi connectivity index (χ0) is 10.6. The second-order valence-electron chi connectivity index (χ2n) is 4.90. The van der Waals surface area contributed by atoms with Crippen molar-refractivity contribution in [1.29, 1.82) is 0 Å². The van der Waals surface area contributed by atoms with Gasteiger partial charge in [-0.25, -0.2) is 4.99 Å². The summed E-state index contributed by atoms with van der Waals surface area (Å²) in [7, 11) is 0. The molecule has 0 N–H and O–H groups in total. The Morgan fingerprint density at radius 1 is 1.43 bits per heavy atom. The van der Waals surface area contributed by atoms with Gasteiger partial charge in [-0.05, 0) is 24.8 Å². The van der Waals surface area contributed by atoms with Gasteiger partial charge in [0.2, 0.25) is 5.90 Å². The standard InChI is InChI=1S/C12H19NO/c1-10-6-5-7-11(13-8-10)14-9-12(2,3)4/h5,7-8H,6,9H2,1-4H3. The number of hydrogen-bond acceptors (Lipinski definition) is 2. The van der Waals surface area contributed by atoms with Crippen molar-refractivity contribution in [2.24, 2.45) is 10.4 Å². The highest BCUT2D eigenvalue weighted by atomic mass is 16.5. The van der Waals surface area contributed by atoms with E-state index in [1.54, 1.807) is 0 Å². The van der Waals surface area contributed by atoms with Crippen molar-refractivity contribution < 1.29 is 4.74 Å². The molecule has 0 aromatic heterocycles. The highest BCUT2D eigenvalue weighted by Crippen LogP contribution is 2.14. The van der Waals surface area contributed by atoms with Crippen LogP contribution in [0.4, 0.5) is 0 Å². The molecule has 0 aromatic rings. The molecular weight excluding hydrogens is 174 g/mol. The second kappa shape index (κ2) is 4.45. The first-order chi connectivity index (χ1) is 6.47. The summed E-state index contributed by atoms with van der Waals surface area (Å²) in [5, 5.41) is 0. The van der Waals surface area contributed by atoms with E-state index in [1.165, 1.54) is 5.57 Å². The smallest absolute Gasteiger partial charge is 0.212 e. The zero-order valence-electron chi connectivity index (χ0n) is 9.50. The minimum absolute atomic E-state index is 0.182. The Bertz CT molecular complexity index is 279. The molecule has 0 aliphatic carbocycles. The average molecular weight is 193 g/mol. The summed E-state index contributed by atoms with van der Waals surface area (Å²) >= 11 is 0. The van der Waals surface area contributed by atoms with E-state index in [0.717, 1.165) is 12.3 Å². The van der Waals surface area contributed by atoms with Crippen LogP contribution in [0, 0.1) is 5.41 Å². The number of hydrogen-bond donors (Lipinski definition) is 0. The van der Waals surface area contributed by atoms with Crippen LogP contribution in [0.1, 0.15) is 34.1 Å². The van der Waals surface area contributed by atoms with E-state index in [1.807, 2.05) is 12.3 Å². The second-order valence-corrected chi connectivity index (χ2v) is 4.90. The Balaban J connectivity index is 2.53. The van der Waals surface area contributed by atoms with E-state index >= 15 is 0 Å². The van der Waals surface area contributed by atoms with Crippen LogP contribution < -0.4 is 0 Å². The van der Waals surface area contributed by atoms with Crippen LogP contribution in [-0.4, -0.2) is 12.5 Å². The molecule has 2 nitrogen and oxygen atoms in total. The molecule has 0 spiro atoms. The molecule has 1 rings (SSSR count). The minimum Gasteiger partial charge on any atom is -0.477 e. The molecule has 0 unspecified atom stereocenters. The van der Waals surface area contributed by atoms with Crippen molar-refractivity contribution in [3.63, 3.8) is 0 Å². The van der Waals surface area contributed by atoms with Crippen molar-refractivity contribution >= 4 is 5.90 Å². The van der Waals surface area contributed by atoms with Crippen molar-refractivity contribution in [3.05, 3.63) is 23.9 Å². The van der Waals surface area contributed by atoms with E-state index in [0.29, 0.717) is 6.61 Å². The quantitative estimate of drug-likeness (QED) is 0.626. The number of rotatable bonds is 1. The Hall–Kier alpha value is -1.05. The van der Waals surface area contributed by atoms with E-state index in [-0.39, 0.29) is 5.41 Å². The average Bonchev–Trinajstić information content (AvgIpc) is 2.25. The number of allylic oxidation sites excluding steroid dienone is 2. The summed E-state index contributed by atoms with van der Waals surface area (Å²) in [6, 6.07) is 0. The normalized spacial score (nSPS) is 17.1. The maximum atomic E-state index is 5.59. The molecule has 0 fully saturated rings. The monoisotopic (exact) mass is 193 g/mol. The topological polar surface area (TPSA) is 21.6 Å². The third-order valence-corrected chi connectivity index (χ3v) is 1.77. The molecule has 0 bridgehead atoms. The van der Waals surface area contributed by atoms with Gasteiger partial charge in [0.1, 0.15) is 0 Å². The first-order valence-corrected chi connectivity index (χ1v) is 5.00. The lowest BCUT2D eigenvalue weighted by Gasteiger charge is -2.18. The van der Waals surface area contributed by atoms with Crippen LogP contribution in [0.25, 0.3) is 0 Å². The molecule has 1 aliphatic rings. The molecule has 14 heavy (non-hydrogen) atoms. The predicted molar refractivity (Wildman–Crippen MR) is 60.4 cm³/mol. The fourth-order valence-corrected chi connectivity index (χ4v) is 0.991. The fraction of sp³-hybridized carbons (Fsp3) is 0.583. The fourth-order valence-electron chi connectivity index (χ4n) is 0.991. The molecule has 0 radical (unpaired) electrons. The van der Waals surface area contributed by atoms with Crippen LogP contribution >= 0.6 is 0 Å². The SMILES string of the molecule is CC1=CN=C(OCC(C)(C)C)C=CC1. The number of ether oxygens (including phenoxy) is 1. The summed E-state index contributed by atoms with van der Waals surface area (Å²) in [5.74, 6) is 0.719. The van der Waals surface area contributed by atoms with Gasteiger partial charge < -0.3 is 4.74 Å². The van der Waals surface area contributed by atoms with Crippen molar-refractivity contribution in [3.8, 4) is 0 Å². The molecule has 1 aliphatic heterocycles. The Morgan fingerprint density at radius 3 is 2.79 bits per heavy atom. The number of nitrogens with zero attached hydrogens (tertiary/aromatic N) is 1. The lowest BCUT2D eigenvalue weighted by Crippen LogP contribution is -2.17. The summed E-state index contributed by atoms with van der Waals surface area (Å²) in [5.41, 5.74) is 1.44. The van der Waals surface area contributed by atoms with Crippen LogP contribution in [0.3, 0.4) is 0 Å². The van der Waals surface area contributed by atoms with Crippen LogP contribution in [0.5, 0.6) is 0 Å². The highest BCUT2D eigenvalue weighted by molar-refractivity contribution is 5.88. The molecule has 0 saturated heterocycles. The van der Waals surface area contributed by atoms with Crippen LogP contribution in [-0.2, 0) is 4.74 Å². The van der Waals surface area contributed by atoms with Gasteiger partial charge in [-0.1, -0.05) is 32.4 Å². The maximum Gasteiger partial charge on any atom is 0.212 e. The lowest BCUT2D eigenvalue weighted by molar-refractivity contribution is 0.189. The first-order valence-electron chi connectivity index (χ1n) is 5.00. The van der Waals surface area contributed by atoms with Crippen molar-refractivity contribution in [2.45, 2.75) is 34.1 Å². The zero-order valence-corrected chi connectivity index (χ0v) is 9.50. The first kappa shape index (κ1) is 11.0. The third kappa shape index (κ3) is 4.26. The lowest BCUT2D eigenvalue weighted by atomic mass is 9.99. The van der Waals surface area contributed by atoms with Gasteiger partial charge in [0.25, 0.3) is 0 Å².